The zero-order valence-corrected chi connectivity index (χ0v) is 22.8. The molecule has 3 unspecified atom stereocenters. The van der Waals surface area contributed by atoms with Crippen LogP contribution in [0.4, 0.5) is 18.9 Å². The van der Waals surface area contributed by atoms with E-state index in [-0.39, 0.29) is 17.6 Å². The second-order valence-electron chi connectivity index (χ2n) is 9.72. The lowest BCUT2D eigenvalue weighted by molar-refractivity contribution is -0.138. The number of nitrogens with one attached hydrogen (secondary N) is 2. The minimum absolute atomic E-state index is 0.0863. The average Bonchev–Trinajstić information content (AvgIpc) is 3.53. The Bertz CT molecular complexity index is 1260. The molecule has 0 radical (unpaired) electrons. The van der Waals surface area contributed by atoms with Crippen LogP contribution < -0.4 is 10.6 Å². The van der Waals surface area contributed by atoms with E-state index in [0.717, 1.165) is 30.9 Å². The van der Waals surface area contributed by atoms with Crippen molar-refractivity contribution < 1.29 is 32.2 Å². The molecule has 1 amide bonds. The van der Waals surface area contributed by atoms with Gasteiger partial charge in [0.1, 0.15) is 11.7 Å². The van der Waals surface area contributed by atoms with E-state index in [4.69, 9.17) is 9.47 Å². The lowest BCUT2D eigenvalue weighted by Crippen LogP contribution is -2.49. The van der Waals surface area contributed by atoms with Crippen LogP contribution in [0.25, 0.3) is 0 Å². The molecule has 2 N–H and O–H groups in total. The number of anilines is 1. The Labute approximate surface area is 232 Å². The number of para-hydroxylation sites is 1. The average molecular weight is 558 g/mol. The van der Waals surface area contributed by atoms with E-state index >= 15 is 0 Å². The Kier molecular flexibility index (Phi) is 9.00. The molecule has 2 aliphatic heterocycles. The van der Waals surface area contributed by atoms with Gasteiger partial charge in [-0.2, -0.15) is 13.2 Å². The summed E-state index contributed by atoms with van der Waals surface area (Å²) in [5.41, 5.74) is -0.557. The van der Waals surface area contributed by atoms with Gasteiger partial charge in [0.25, 0.3) is 5.91 Å². The SMILES string of the molecule is CCN(CC)CCNC(=O)C1=C(C(=O)OC)C2(C(Cc3ccc(C(F)(F)F)cc3)Nc3ccccc3)C=CC1O2. The number of hydrogen-bond donors (Lipinski definition) is 2. The number of nitrogens with zero attached hydrogens (tertiary/aromatic N) is 1. The van der Waals surface area contributed by atoms with Crippen LogP contribution in [-0.4, -0.2) is 67.8 Å². The molecule has 0 aromatic heterocycles. The molecule has 10 heteroatoms. The third-order valence-electron chi connectivity index (χ3n) is 7.38. The van der Waals surface area contributed by atoms with Crippen LogP contribution in [0.1, 0.15) is 25.0 Å². The summed E-state index contributed by atoms with van der Waals surface area (Å²) in [6, 6.07) is 13.4. The summed E-state index contributed by atoms with van der Waals surface area (Å²) in [7, 11) is 1.24. The van der Waals surface area contributed by atoms with Gasteiger partial charge in [0.2, 0.25) is 0 Å². The summed E-state index contributed by atoms with van der Waals surface area (Å²) >= 11 is 0. The standard InChI is InChI=1S/C30H34F3N3O4/c1-4-36(5-2)18-17-34-27(37)25-23-15-16-29(40-23,26(25)28(38)39-3)24(35-22-9-7-6-8-10-22)19-20-11-13-21(14-12-20)30(31,32)33/h6-16,23-24,35H,4-5,17-19H2,1-3H3,(H,34,37). The van der Waals surface area contributed by atoms with E-state index in [2.05, 4.69) is 15.5 Å². The second-order valence-corrected chi connectivity index (χ2v) is 9.72. The number of carbonyl (C=O) groups is 2. The van der Waals surface area contributed by atoms with E-state index in [1.54, 1.807) is 12.2 Å². The fourth-order valence-electron chi connectivity index (χ4n) is 5.23. The fraction of sp³-hybridized carbons (Fsp3) is 0.400. The van der Waals surface area contributed by atoms with E-state index in [9.17, 15) is 22.8 Å². The van der Waals surface area contributed by atoms with E-state index in [1.165, 1.54) is 19.2 Å². The molecule has 0 aliphatic carbocycles. The lowest BCUT2D eigenvalue weighted by Gasteiger charge is -2.36. The molecule has 2 heterocycles. The molecule has 214 valence electrons. The van der Waals surface area contributed by atoms with Crippen LogP contribution in [0, 0.1) is 0 Å². The van der Waals surface area contributed by atoms with Crippen molar-refractivity contribution in [1.82, 2.24) is 10.2 Å². The molecule has 3 atom stereocenters. The first-order chi connectivity index (χ1) is 19.1. The van der Waals surface area contributed by atoms with Gasteiger partial charge >= 0.3 is 12.1 Å². The maximum Gasteiger partial charge on any atom is 0.416 e. The van der Waals surface area contributed by atoms with Gasteiger partial charge in [-0.3, -0.25) is 4.79 Å². The topological polar surface area (TPSA) is 79.9 Å². The Hall–Kier alpha value is -3.63. The third kappa shape index (κ3) is 6.08. The Morgan fingerprint density at radius 3 is 2.35 bits per heavy atom. The van der Waals surface area contributed by atoms with Crippen molar-refractivity contribution in [2.75, 3.05) is 38.6 Å². The molecule has 2 bridgehead atoms. The fourth-order valence-corrected chi connectivity index (χ4v) is 5.23. The Morgan fingerprint density at radius 2 is 1.75 bits per heavy atom. The van der Waals surface area contributed by atoms with Crippen LogP contribution in [0.5, 0.6) is 0 Å². The number of fused-ring (bicyclic) bond motifs is 2. The maximum atomic E-state index is 13.4. The van der Waals surface area contributed by atoms with Gasteiger partial charge < -0.3 is 25.0 Å². The number of likely N-dealkylation sites (N-methyl/N-ethyl adjacent to an activating group) is 1. The van der Waals surface area contributed by atoms with Crippen molar-refractivity contribution in [2.45, 2.75) is 44.2 Å². The first-order valence-electron chi connectivity index (χ1n) is 13.3. The highest BCUT2D eigenvalue weighted by atomic mass is 19.4. The minimum atomic E-state index is -4.46. The molecule has 7 nitrogen and oxygen atoms in total. The molecule has 0 fully saturated rings. The Morgan fingerprint density at radius 1 is 1.07 bits per heavy atom. The Balaban J connectivity index is 1.70. The second kappa shape index (κ2) is 12.3. The number of benzene rings is 2. The monoisotopic (exact) mass is 557 g/mol. The van der Waals surface area contributed by atoms with Crippen molar-refractivity contribution in [1.29, 1.82) is 0 Å². The van der Waals surface area contributed by atoms with Crippen LogP contribution >= 0.6 is 0 Å². The van der Waals surface area contributed by atoms with Crippen LogP contribution in [0.2, 0.25) is 0 Å². The number of carbonyl (C=O) groups excluding carboxylic acids is 2. The zero-order valence-electron chi connectivity index (χ0n) is 22.8. The molecule has 0 spiro atoms. The highest BCUT2D eigenvalue weighted by Gasteiger charge is 2.58. The lowest BCUT2D eigenvalue weighted by atomic mass is 9.78. The number of amides is 1. The first-order valence-corrected chi connectivity index (χ1v) is 13.3. The van der Waals surface area contributed by atoms with E-state index < -0.39 is 41.4 Å². The smallest absolute Gasteiger partial charge is 0.416 e. The van der Waals surface area contributed by atoms with E-state index in [0.29, 0.717) is 18.7 Å². The van der Waals surface area contributed by atoms with Crippen LogP contribution in [0.15, 0.2) is 77.9 Å². The molecule has 2 aromatic carbocycles. The highest BCUT2D eigenvalue weighted by molar-refractivity contribution is 6.07. The van der Waals surface area contributed by atoms with Gasteiger partial charge in [-0.05, 0) is 55.4 Å². The minimum Gasteiger partial charge on any atom is -0.466 e. The summed E-state index contributed by atoms with van der Waals surface area (Å²) in [5.74, 6) is -1.12. The van der Waals surface area contributed by atoms with Gasteiger partial charge in [0, 0.05) is 18.8 Å². The van der Waals surface area contributed by atoms with Crippen molar-refractivity contribution >= 4 is 17.6 Å². The predicted octanol–water partition coefficient (Wildman–Crippen LogP) is 4.36. The number of rotatable bonds is 12. The maximum absolute atomic E-state index is 13.4. The predicted molar refractivity (Wildman–Crippen MR) is 146 cm³/mol. The van der Waals surface area contributed by atoms with Crippen LogP contribution in [0.3, 0.4) is 0 Å². The molecule has 4 rings (SSSR count). The number of methoxy groups -OCH3 is 1. The van der Waals surface area contributed by atoms with Crippen molar-refractivity contribution in [2.24, 2.45) is 0 Å². The number of hydrogen-bond acceptors (Lipinski definition) is 6. The molecule has 0 saturated carbocycles. The first kappa shape index (κ1) is 29.4. The molecular formula is C30H34F3N3O4. The molecule has 2 aromatic rings. The molecule has 2 aliphatic rings. The molecule has 0 saturated heterocycles. The third-order valence-corrected chi connectivity index (χ3v) is 7.38. The largest absolute Gasteiger partial charge is 0.466 e. The zero-order chi connectivity index (χ0) is 28.9. The van der Waals surface area contributed by atoms with Gasteiger partial charge in [0.15, 0.2) is 0 Å². The molecule has 40 heavy (non-hydrogen) atoms. The van der Waals surface area contributed by atoms with Crippen LogP contribution in [-0.2, 0) is 31.7 Å². The summed E-state index contributed by atoms with van der Waals surface area (Å²) in [5, 5.41) is 6.30. The number of alkyl halides is 3. The van der Waals surface area contributed by atoms with Crippen molar-refractivity contribution in [3.8, 4) is 0 Å². The summed E-state index contributed by atoms with van der Waals surface area (Å²) in [6.45, 7) is 6.81. The van der Waals surface area contributed by atoms with E-state index in [1.807, 2.05) is 44.2 Å². The molecular weight excluding hydrogens is 523 g/mol. The van der Waals surface area contributed by atoms with Crippen molar-refractivity contribution in [3.05, 3.63) is 89.0 Å². The van der Waals surface area contributed by atoms with Gasteiger partial charge in [-0.25, -0.2) is 4.79 Å². The summed E-state index contributed by atoms with van der Waals surface area (Å²) in [6.07, 6.45) is -1.56. The van der Waals surface area contributed by atoms with Crippen molar-refractivity contribution in [3.63, 3.8) is 0 Å². The highest BCUT2D eigenvalue weighted by Crippen LogP contribution is 2.47. The summed E-state index contributed by atoms with van der Waals surface area (Å²) in [4.78, 5) is 28.8. The number of esters is 1. The summed E-state index contributed by atoms with van der Waals surface area (Å²) < 4.78 is 51.0. The number of ether oxygens (including phenoxy) is 2. The van der Waals surface area contributed by atoms with Gasteiger partial charge in [0.05, 0.1) is 29.9 Å². The van der Waals surface area contributed by atoms with Gasteiger partial charge in [-0.1, -0.05) is 50.3 Å². The normalized spacial score (nSPS) is 20.6. The number of halogens is 3. The van der Waals surface area contributed by atoms with Gasteiger partial charge in [-0.15, -0.1) is 0 Å². The quantitative estimate of drug-likeness (QED) is 0.298.